The first kappa shape index (κ1) is 20.1. The predicted octanol–water partition coefficient (Wildman–Crippen LogP) is 6.37. The molecular formula is C19H15Cl3N2O2S. The normalized spacial score (nSPS) is 12.2. The van der Waals surface area contributed by atoms with Crippen molar-refractivity contribution in [2.75, 3.05) is 0 Å². The van der Waals surface area contributed by atoms with E-state index in [1.54, 1.807) is 41.9 Å². The zero-order chi connectivity index (χ0) is 19.7. The molecule has 0 aliphatic heterocycles. The summed E-state index contributed by atoms with van der Waals surface area (Å²) in [4.78, 5) is 11.3. The van der Waals surface area contributed by atoms with Crippen LogP contribution in [0.5, 0.6) is 0 Å². The summed E-state index contributed by atoms with van der Waals surface area (Å²) in [7, 11) is 0. The molecule has 0 saturated carbocycles. The number of hydrogen-bond donors (Lipinski definition) is 1. The van der Waals surface area contributed by atoms with Gasteiger partial charge in [0.2, 0.25) is 0 Å². The van der Waals surface area contributed by atoms with Gasteiger partial charge in [0.25, 0.3) is 0 Å². The second-order valence-electron chi connectivity index (χ2n) is 5.89. The zero-order valence-electron chi connectivity index (χ0n) is 14.4. The van der Waals surface area contributed by atoms with Gasteiger partial charge < -0.3 is 5.11 Å². The summed E-state index contributed by atoms with van der Waals surface area (Å²) in [6, 6.07) is 12.5. The average molecular weight is 442 g/mol. The van der Waals surface area contributed by atoms with Crippen LogP contribution in [-0.4, -0.2) is 26.1 Å². The molecule has 27 heavy (non-hydrogen) atoms. The largest absolute Gasteiger partial charge is 0.480 e. The number of hydrogen-bond acceptors (Lipinski definition) is 3. The molecule has 0 radical (unpaired) electrons. The molecule has 1 heterocycles. The van der Waals surface area contributed by atoms with E-state index in [0.717, 1.165) is 16.8 Å². The van der Waals surface area contributed by atoms with Crippen LogP contribution in [0.3, 0.4) is 0 Å². The number of aromatic nitrogens is 2. The average Bonchev–Trinajstić information content (AvgIpc) is 2.92. The number of nitrogens with zero attached hydrogens (tertiary/aromatic N) is 2. The maximum absolute atomic E-state index is 11.3. The van der Waals surface area contributed by atoms with Crippen molar-refractivity contribution in [2.45, 2.75) is 24.1 Å². The number of carboxylic acid groups (broad SMARTS) is 1. The van der Waals surface area contributed by atoms with Gasteiger partial charge in [0, 0.05) is 21.2 Å². The first-order valence-corrected chi connectivity index (χ1v) is 9.99. The van der Waals surface area contributed by atoms with Crippen molar-refractivity contribution in [1.29, 1.82) is 0 Å². The molecule has 1 atom stereocenters. The maximum atomic E-state index is 11.3. The summed E-state index contributed by atoms with van der Waals surface area (Å²) in [5.41, 5.74) is 3.23. The molecule has 1 aromatic heterocycles. The highest BCUT2D eigenvalue weighted by Gasteiger charge is 2.23. The van der Waals surface area contributed by atoms with E-state index in [4.69, 9.17) is 34.8 Å². The molecule has 1 unspecified atom stereocenters. The minimum Gasteiger partial charge on any atom is -0.480 e. The van der Waals surface area contributed by atoms with Gasteiger partial charge in [-0.1, -0.05) is 58.7 Å². The topological polar surface area (TPSA) is 55.1 Å². The van der Waals surface area contributed by atoms with Gasteiger partial charge in [-0.2, -0.15) is 5.10 Å². The minimum absolute atomic E-state index is 0.447. The highest BCUT2D eigenvalue weighted by atomic mass is 35.5. The standard InChI is InChI=1S/C19H15Cl3N2O2S/c1-10-17(12-3-5-13(20)6-4-12)24(16-8-7-14(21)9-15(16)22)23-18(10)27-11(2)19(25)26/h3-9,11H,1-2H3,(H,25,26). The molecule has 0 amide bonds. The quantitative estimate of drug-likeness (QED) is 0.467. The molecule has 1 N–H and O–H groups in total. The van der Waals surface area contributed by atoms with Crippen LogP contribution in [0.4, 0.5) is 0 Å². The summed E-state index contributed by atoms with van der Waals surface area (Å²) in [5, 5.41) is 15.5. The SMILES string of the molecule is Cc1c(SC(C)C(=O)O)nn(-c2ccc(Cl)cc2Cl)c1-c1ccc(Cl)cc1. The zero-order valence-corrected chi connectivity index (χ0v) is 17.5. The molecule has 0 spiro atoms. The van der Waals surface area contributed by atoms with Crippen molar-refractivity contribution < 1.29 is 9.90 Å². The molecule has 3 rings (SSSR count). The van der Waals surface area contributed by atoms with E-state index in [0.29, 0.717) is 25.8 Å². The predicted molar refractivity (Wildman–Crippen MR) is 112 cm³/mol. The van der Waals surface area contributed by atoms with E-state index in [2.05, 4.69) is 5.10 Å². The van der Waals surface area contributed by atoms with Crippen LogP contribution in [0, 0.1) is 6.92 Å². The Hall–Kier alpha value is -1.66. The summed E-state index contributed by atoms with van der Waals surface area (Å²) in [6.45, 7) is 3.54. The molecule has 3 aromatic rings. The third-order valence-corrected chi connectivity index (χ3v) is 5.93. The smallest absolute Gasteiger partial charge is 0.316 e. The van der Waals surface area contributed by atoms with Crippen LogP contribution in [0.25, 0.3) is 16.9 Å². The molecule has 8 heteroatoms. The van der Waals surface area contributed by atoms with Gasteiger partial charge >= 0.3 is 5.97 Å². The third-order valence-electron chi connectivity index (χ3n) is 3.97. The molecule has 0 fully saturated rings. The molecule has 2 aromatic carbocycles. The minimum atomic E-state index is -0.897. The Kier molecular flexibility index (Phi) is 6.06. The Morgan fingerprint density at radius 2 is 1.74 bits per heavy atom. The molecule has 140 valence electrons. The molecule has 0 bridgehead atoms. The number of thioether (sulfide) groups is 1. The first-order chi connectivity index (χ1) is 12.8. The summed E-state index contributed by atoms with van der Waals surface area (Å²) in [5.74, 6) is -0.897. The van der Waals surface area contributed by atoms with Crippen molar-refractivity contribution >= 4 is 52.5 Å². The molecule has 0 aliphatic rings. The van der Waals surface area contributed by atoms with Crippen molar-refractivity contribution in [3.8, 4) is 16.9 Å². The Morgan fingerprint density at radius 3 is 2.33 bits per heavy atom. The summed E-state index contributed by atoms with van der Waals surface area (Å²) < 4.78 is 1.72. The number of carbonyl (C=O) groups is 1. The van der Waals surface area contributed by atoms with Crippen LogP contribution in [0.2, 0.25) is 15.1 Å². The maximum Gasteiger partial charge on any atom is 0.316 e. The fourth-order valence-corrected chi connectivity index (χ4v) is 4.03. The van der Waals surface area contributed by atoms with Gasteiger partial charge in [-0.25, -0.2) is 4.68 Å². The van der Waals surface area contributed by atoms with E-state index < -0.39 is 11.2 Å². The van der Waals surface area contributed by atoms with Gasteiger partial charge in [-0.15, -0.1) is 0 Å². The molecule has 4 nitrogen and oxygen atoms in total. The van der Waals surface area contributed by atoms with Gasteiger partial charge in [0.1, 0.15) is 10.3 Å². The highest BCUT2D eigenvalue weighted by molar-refractivity contribution is 8.00. The lowest BCUT2D eigenvalue weighted by Crippen LogP contribution is -2.11. The third kappa shape index (κ3) is 4.27. The van der Waals surface area contributed by atoms with Crippen LogP contribution >= 0.6 is 46.6 Å². The van der Waals surface area contributed by atoms with Crippen LogP contribution in [0.15, 0.2) is 47.5 Å². The Bertz CT molecular complexity index is 1000. The van der Waals surface area contributed by atoms with E-state index >= 15 is 0 Å². The summed E-state index contributed by atoms with van der Waals surface area (Å²) >= 11 is 19.6. The van der Waals surface area contributed by atoms with Gasteiger partial charge in [0.05, 0.1) is 16.4 Å². The highest BCUT2D eigenvalue weighted by Crippen LogP contribution is 2.37. The molecule has 0 aliphatic carbocycles. The first-order valence-electron chi connectivity index (χ1n) is 7.98. The van der Waals surface area contributed by atoms with Crippen LogP contribution < -0.4 is 0 Å². The lowest BCUT2D eigenvalue weighted by atomic mass is 10.1. The fourth-order valence-electron chi connectivity index (χ4n) is 2.58. The molecular weight excluding hydrogens is 427 g/mol. The Morgan fingerprint density at radius 1 is 1.11 bits per heavy atom. The van der Waals surface area contributed by atoms with Crippen molar-refractivity contribution in [3.63, 3.8) is 0 Å². The summed E-state index contributed by atoms with van der Waals surface area (Å²) in [6.07, 6.45) is 0. The second-order valence-corrected chi connectivity index (χ2v) is 8.50. The van der Waals surface area contributed by atoms with Crippen LogP contribution in [0.1, 0.15) is 12.5 Å². The fraction of sp³-hybridized carbons (Fsp3) is 0.158. The number of halogens is 3. The lowest BCUT2D eigenvalue weighted by Gasteiger charge is -2.11. The van der Waals surface area contributed by atoms with E-state index in [-0.39, 0.29) is 0 Å². The molecule has 0 saturated heterocycles. The second kappa shape index (κ2) is 8.15. The van der Waals surface area contributed by atoms with Gasteiger partial charge in [0.15, 0.2) is 0 Å². The monoisotopic (exact) mass is 440 g/mol. The lowest BCUT2D eigenvalue weighted by molar-refractivity contribution is -0.136. The Balaban J connectivity index is 2.20. The van der Waals surface area contributed by atoms with Crippen LogP contribution in [-0.2, 0) is 4.79 Å². The van der Waals surface area contributed by atoms with Crippen molar-refractivity contribution in [2.24, 2.45) is 0 Å². The van der Waals surface area contributed by atoms with Crippen molar-refractivity contribution in [3.05, 3.63) is 63.1 Å². The number of carboxylic acids is 1. The van der Waals surface area contributed by atoms with Crippen molar-refractivity contribution in [1.82, 2.24) is 9.78 Å². The van der Waals surface area contributed by atoms with E-state index in [1.807, 2.05) is 19.1 Å². The van der Waals surface area contributed by atoms with E-state index in [9.17, 15) is 9.90 Å². The van der Waals surface area contributed by atoms with Gasteiger partial charge in [-0.05, 0) is 44.2 Å². The van der Waals surface area contributed by atoms with E-state index in [1.165, 1.54) is 11.8 Å². The van der Waals surface area contributed by atoms with Gasteiger partial charge in [-0.3, -0.25) is 4.79 Å². The number of rotatable bonds is 5. The Labute approximate surface area is 176 Å². The number of aliphatic carboxylic acids is 1. The number of benzene rings is 2.